The molecular weight excluding hydrogens is 326 g/mol. The van der Waals surface area contributed by atoms with Crippen LogP contribution in [-0.2, 0) is 4.79 Å². The van der Waals surface area contributed by atoms with Crippen LogP contribution < -0.4 is 10.1 Å². The van der Waals surface area contributed by atoms with Crippen molar-refractivity contribution in [3.05, 3.63) is 59.1 Å². The van der Waals surface area contributed by atoms with Gasteiger partial charge in [-0.25, -0.2) is 0 Å². The number of ether oxygens (including phenoxy) is 1. The van der Waals surface area contributed by atoms with E-state index in [0.29, 0.717) is 34.5 Å². The number of carbonyl (C=O) groups excluding carboxylic acids is 1. The summed E-state index contributed by atoms with van der Waals surface area (Å²) in [6.07, 6.45) is 1.52. The lowest BCUT2D eigenvalue weighted by molar-refractivity contribution is -0.118. The van der Waals surface area contributed by atoms with Crippen LogP contribution in [0.4, 0.5) is 5.69 Å². The number of rotatable bonds is 7. The van der Waals surface area contributed by atoms with Gasteiger partial charge in [0.1, 0.15) is 5.75 Å². The molecule has 5 heteroatoms. The average molecular weight is 346 g/mol. The largest absolute Gasteiger partial charge is 0.491 e. The van der Waals surface area contributed by atoms with Gasteiger partial charge in [-0.3, -0.25) is 4.79 Å². The van der Waals surface area contributed by atoms with Crippen LogP contribution in [0, 0.1) is 5.92 Å². The fourth-order valence-corrected chi connectivity index (χ4v) is 2.49. The molecule has 2 N–H and O–H groups in total. The standard InChI is InChI=1S/C19H20ClNO3/c20-15-9-7-14(8-10-15)17(22)11-19(23)21-16-3-1-2-4-18(16)24-12-13-5-6-13/h1-4,7-10,13,17,22H,5-6,11-12H2,(H,21,23). The molecule has 0 aromatic heterocycles. The van der Waals surface area contributed by atoms with Crippen LogP contribution in [-0.4, -0.2) is 17.6 Å². The summed E-state index contributed by atoms with van der Waals surface area (Å²) in [5.74, 6) is 1.04. The lowest BCUT2D eigenvalue weighted by atomic mass is 10.1. The average Bonchev–Trinajstić information content (AvgIpc) is 3.39. The number of hydrogen-bond donors (Lipinski definition) is 2. The van der Waals surface area contributed by atoms with Gasteiger partial charge in [0.25, 0.3) is 0 Å². The SMILES string of the molecule is O=C(CC(O)c1ccc(Cl)cc1)Nc1ccccc1OCC1CC1. The normalized spacial score (nSPS) is 14.9. The van der Waals surface area contributed by atoms with E-state index in [1.165, 1.54) is 12.8 Å². The monoisotopic (exact) mass is 345 g/mol. The van der Waals surface area contributed by atoms with Crippen molar-refractivity contribution >= 4 is 23.2 Å². The molecule has 1 aliphatic rings. The third-order valence-corrected chi connectivity index (χ3v) is 4.22. The Balaban J connectivity index is 1.58. The molecule has 0 radical (unpaired) electrons. The molecule has 0 heterocycles. The number of para-hydroxylation sites is 2. The number of nitrogens with one attached hydrogen (secondary N) is 1. The van der Waals surface area contributed by atoms with E-state index in [-0.39, 0.29) is 12.3 Å². The molecule has 0 bridgehead atoms. The maximum Gasteiger partial charge on any atom is 0.227 e. The Bertz CT molecular complexity index is 698. The molecule has 0 aliphatic heterocycles. The zero-order valence-corrected chi connectivity index (χ0v) is 14.0. The first-order valence-electron chi connectivity index (χ1n) is 8.07. The summed E-state index contributed by atoms with van der Waals surface area (Å²) in [5.41, 5.74) is 1.29. The number of aliphatic hydroxyl groups excluding tert-OH is 1. The van der Waals surface area contributed by atoms with Crippen LogP contribution in [0.3, 0.4) is 0 Å². The van der Waals surface area contributed by atoms with Crippen LogP contribution in [0.25, 0.3) is 0 Å². The Hall–Kier alpha value is -2.04. The van der Waals surface area contributed by atoms with Gasteiger partial charge in [-0.2, -0.15) is 0 Å². The summed E-state index contributed by atoms with van der Waals surface area (Å²) < 4.78 is 5.77. The lowest BCUT2D eigenvalue weighted by Gasteiger charge is -2.14. The molecule has 3 rings (SSSR count). The molecule has 1 fully saturated rings. The van der Waals surface area contributed by atoms with Gasteiger partial charge in [0.2, 0.25) is 5.91 Å². The minimum Gasteiger partial charge on any atom is -0.491 e. The van der Waals surface area contributed by atoms with Crippen molar-refractivity contribution in [3.8, 4) is 5.75 Å². The Morgan fingerprint density at radius 1 is 1.21 bits per heavy atom. The highest BCUT2D eigenvalue weighted by Crippen LogP contribution is 2.32. The van der Waals surface area contributed by atoms with Gasteiger partial charge >= 0.3 is 0 Å². The molecule has 0 spiro atoms. The van der Waals surface area contributed by atoms with Crippen molar-refractivity contribution in [3.63, 3.8) is 0 Å². The Morgan fingerprint density at radius 3 is 2.62 bits per heavy atom. The van der Waals surface area contributed by atoms with E-state index in [2.05, 4.69) is 5.32 Å². The number of hydrogen-bond acceptors (Lipinski definition) is 3. The highest BCUT2D eigenvalue weighted by Gasteiger charge is 2.22. The summed E-state index contributed by atoms with van der Waals surface area (Å²) in [6, 6.07) is 14.2. The molecule has 126 valence electrons. The zero-order chi connectivity index (χ0) is 16.9. The number of benzene rings is 2. The lowest BCUT2D eigenvalue weighted by Crippen LogP contribution is -2.16. The van der Waals surface area contributed by atoms with Gasteiger partial charge in [0, 0.05) is 5.02 Å². The predicted octanol–water partition coefficient (Wildman–Crippen LogP) is 4.19. The van der Waals surface area contributed by atoms with Crippen molar-refractivity contribution in [2.45, 2.75) is 25.4 Å². The molecule has 1 saturated carbocycles. The Labute approximate surface area is 146 Å². The van der Waals surface area contributed by atoms with Gasteiger partial charge in [-0.05, 0) is 48.6 Å². The molecule has 1 atom stereocenters. The zero-order valence-electron chi connectivity index (χ0n) is 13.2. The third-order valence-electron chi connectivity index (χ3n) is 3.97. The maximum atomic E-state index is 12.2. The van der Waals surface area contributed by atoms with E-state index in [1.807, 2.05) is 18.2 Å². The smallest absolute Gasteiger partial charge is 0.227 e. The molecule has 24 heavy (non-hydrogen) atoms. The van der Waals surface area contributed by atoms with Crippen LogP contribution in [0.15, 0.2) is 48.5 Å². The van der Waals surface area contributed by atoms with Crippen molar-refractivity contribution < 1.29 is 14.6 Å². The minimum atomic E-state index is -0.873. The minimum absolute atomic E-state index is 0.0292. The van der Waals surface area contributed by atoms with Crippen LogP contribution in [0.5, 0.6) is 5.75 Å². The highest BCUT2D eigenvalue weighted by molar-refractivity contribution is 6.30. The van der Waals surface area contributed by atoms with E-state index in [1.54, 1.807) is 30.3 Å². The first-order chi connectivity index (χ1) is 11.6. The first-order valence-corrected chi connectivity index (χ1v) is 8.45. The van der Waals surface area contributed by atoms with Gasteiger partial charge in [0.15, 0.2) is 0 Å². The summed E-state index contributed by atoms with van der Waals surface area (Å²) in [7, 11) is 0. The van der Waals surface area contributed by atoms with Gasteiger partial charge < -0.3 is 15.2 Å². The van der Waals surface area contributed by atoms with E-state index < -0.39 is 6.10 Å². The molecule has 2 aromatic rings. The maximum absolute atomic E-state index is 12.2. The van der Waals surface area contributed by atoms with E-state index in [0.717, 1.165) is 0 Å². The summed E-state index contributed by atoms with van der Waals surface area (Å²) >= 11 is 5.83. The quantitative estimate of drug-likeness (QED) is 0.791. The van der Waals surface area contributed by atoms with Crippen LogP contribution in [0.2, 0.25) is 5.02 Å². The Kier molecular flexibility index (Phi) is 5.38. The molecule has 0 saturated heterocycles. The summed E-state index contributed by atoms with van der Waals surface area (Å²) in [5, 5.41) is 13.6. The summed E-state index contributed by atoms with van der Waals surface area (Å²) in [6.45, 7) is 0.681. The fourth-order valence-electron chi connectivity index (χ4n) is 2.37. The third kappa shape index (κ3) is 4.73. The molecule has 1 aliphatic carbocycles. The topological polar surface area (TPSA) is 58.6 Å². The molecular formula is C19H20ClNO3. The second kappa shape index (κ2) is 7.69. The highest BCUT2D eigenvalue weighted by atomic mass is 35.5. The molecule has 2 aromatic carbocycles. The second-order valence-electron chi connectivity index (χ2n) is 6.07. The molecule has 1 amide bonds. The number of anilines is 1. The number of amides is 1. The number of aliphatic hydroxyl groups is 1. The van der Waals surface area contributed by atoms with Crippen molar-refractivity contribution in [2.75, 3.05) is 11.9 Å². The number of halogens is 1. The second-order valence-corrected chi connectivity index (χ2v) is 6.51. The van der Waals surface area contributed by atoms with E-state index in [9.17, 15) is 9.90 Å². The van der Waals surface area contributed by atoms with E-state index in [4.69, 9.17) is 16.3 Å². The summed E-state index contributed by atoms with van der Waals surface area (Å²) in [4.78, 5) is 12.2. The van der Waals surface area contributed by atoms with Crippen molar-refractivity contribution in [1.29, 1.82) is 0 Å². The molecule has 1 unspecified atom stereocenters. The first kappa shape index (κ1) is 16.8. The van der Waals surface area contributed by atoms with Gasteiger partial charge in [0.05, 0.1) is 24.8 Å². The van der Waals surface area contributed by atoms with Crippen molar-refractivity contribution in [2.24, 2.45) is 5.92 Å². The van der Waals surface area contributed by atoms with Crippen LogP contribution >= 0.6 is 11.6 Å². The number of carbonyl (C=O) groups is 1. The van der Waals surface area contributed by atoms with E-state index >= 15 is 0 Å². The van der Waals surface area contributed by atoms with Gasteiger partial charge in [-0.15, -0.1) is 0 Å². The fraction of sp³-hybridized carbons (Fsp3) is 0.316. The van der Waals surface area contributed by atoms with Crippen molar-refractivity contribution in [1.82, 2.24) is 0 Å². The predicted molar refractivity (Wildman–Crippen MR) is 94.3 cm³/mol. The van der Waals surface area contributed by atoms with Gasteiger partial charge in [-0.1, -0.05) is 35.9 Å². The molecule has 4 nitrogen and oxygen atoms in total. The Morgan fingerprint density at radius 2 is 1.92 bits per heavy atom. The van der Waals surface area contributed by atoms with Crippen LogP contribution in [0.1, 0.15) is 30.9 Å².